The van der Waals surface area contributed by atoms with Crippen LogP contribution in [0.5, 0.6) is 0 Å². The molecule has 0 radical (unpaired) electrons. The standard InChI is InChI=1S/C14H16FN3O/c1-18(9-4-10-19)14-8-7-13(16-17-14)11-5-2-3-6-12(11)15/h2-3,5-8,19H,4,9-10H2,1H3. The maximum absolute atomic E-state index is 13.6. The van der Waals surface area contributed by atoms with Gasteiger partial charge in [0.25, 0.3) is 0 Å². The zero-order chi connectivity index (χ0) is 13.7. The molecule has 0 unspecified atom stereocenters. The van der Waals surface area contributed by atoms with Crippen molar-refractivity contribution in [2.24, 2.45) is 0 Å². The molecule has 0 aliphatic carbocycles. The van der Waals surface area contributed by atoms with Crippen LogP contribution < -0.4 is 4.90 Å². The van der Waals surface area contributed by atoms with E-state index in [0.717, 1.165) is 0 Å². The summed E-state index contributed by atoms with van der Waals surface area (Å²) in [6.07, 6.45) is 0.674. The fraction of sp³-hybridized carbons (Fsp3) is 0.286. The fourth-order valence-electron chi connectivity index (χ4n) is 1.76. The molecule has 0 aliphatic heterocycles. The molecular weight excluding hydrogens is 245 g/mol. The first-order valence-corrected chi connectivity index (χ1v) is 6.13. The highest BCUT2D eigenvalue weighted by atomic mass is 19.1. The van der Waals surface area contributed by atoms with E-state index in [1.807, 2.05) is 11.9 Å². The maximum Gasteiger partial charge on any atom is 0.151 e. The lowest BCUT2D eigenvalue weighted by Gasteiger charge is -2.16. The van der Waals surface area contributed by atoms with E-state index in [1.54, 1.807) is 30.3 Å². The van der Waals surface area contributed by atoms with Crippen LogP contribution in [0.1, 0.15) is 6.42 Å². The fourth-order valence-corrected chi connectivity index (χ4v) is 1.76. The zero-order valence-corrected chi connectivity index (χ0v) is 10.8. The third kappa shape index (κ3) is 3.26. The summed E-state index contributed by atoms with van der Waals surface area (Å²) in [6.45, 7) is 0.843. The molecule has 1 heterocycles. The Morgan fingerprint density at radius 3 is 2.58 bits per heavy atom. The van der Waals surface area contributed by atoms with E-state index >= 15 is 0 Å². The predicted molar refractivity (Wildman–Crippen MR) is 72.4 cm³/mol. The number of hydrogen-bond acceptors (Lipinski definition) is 4. The number of rotatable bonds is 5. The topological polar surface area (TPSA) is 49.2 Å². The van der Waals surface area contributed by atoms with Gasteiger partial charge in [0, 0.05) is 25.8 Å². The minimum atomic E-state index is -0.307. The van der Waals surface area contributed by atoms with Gasteiger partial charge in [-0.3, -0.25) is 0 Å². The lowest BCUT2D eigenvalue weighted by atomic mass is 10.1. The molecule has 0 spiro atoms. The molecule has 0 fully saturated rings. The summed E-state index contributed by atoms with van der Waals surface area (Å²) in [7, 11) is 1.88. The molecule has 2 aromatic rings. The van der Waals surface area contributed by atoms with Crippen molar-refractivity contribution >= 4 is 5.82 Å². The Balaban J connectivity index is 2.17. The number of benzene rings is 1. The Morgan fingerprint density at radius 2 is 1.95 bits per heavy atom. The smallest absolute Gasteiger partial charge is 0.151 e. The molecule has 2 rings (SSSR count). The van der Waals surface area contributed by atoms with Gasteiger partial charge in [-0.1, -0.05) is 12.1 Å². The van der Waals surface area contributed by atoms with E-state index < -0.39 is 0 Å². The van der Waals surface area contributed by atoms with Crippen LogP contribution >= 0.6 is 0 Å². The van der Waals surface area contributed by atoms with Gasteiger partial charge in [0.15, 0.2) is 5.82 Å². The first-order valence-electron chi connectivity index (χ1n) is 6.13. The quantitative estimate of drug-likeness (QED) is 0.895. The van der Waals surface area contributed by atoms with E-state index in [9.17, 15) is 4.39 Å². The lowest BCUT2D eigenvalue weighted by Crippen LogP contribution is -2.20. The minimum Gasteiger partial charge on any atom is -0.396 e. The van der Waals surface area contributed by atoms with Gasteiger partial charge < -0.3 is 10.0 Å². The van der Waals surface area contributed by atoms with Gasteiger partial charge in [0.1, 0.15) is 5.82 Å². The van der Waals surface area contributed by atoms with Gasteiger partial charge in [-0.25, -0.2) is 4.39 Å². The molecular formula is C14H16FN3O. The molecule has 1 aromatic carbocycles. The predicted octanol–water partition coefficient (Wildman–Crippen LogP) is 2.10. The molecule has 4 nitrogen and oxygen atoms in total. The molecule has 0 saturated heterocycles. The molecule has 0 amide bonds. The summed E-state index contributed by atoms with van der Waals surface area (Å²) in [5.41, 5.74) is 0.956. The van der Waals surface area contributed by atoms with Crippen LogP contribution in [0, 0.1) is 5.82 Å². The van der Waals surface area contributed by atoms with E-state index in [0.29, 0.717) is 30.0 Å². The number of aliphatic hydroxyl groups excluding tert-OH is 1. The summed E-state index contributed by atoms with van der Waals surface area (Å²) in [5.74, 6) is 0.395. The molecule has 0 aliphatic rings. The van der Waals surface area contributed by atoms with Crippen molar-refractivity contribution in [2.45, 2.75) is 6.42 Å². The van der Waals surface area contributed by atoms with Gasteiger partial charge >= 0.3 is 0 Å². The summed E-state index contributed by atoms with van der Waals surface area (Å²) in [6, 6.07) is 10.0. The van der Waals surface area contributed by atoms with E-state index in [2.05, 4.69) is 10.2 Å². The highest BCUT2D eigenvalue weighted by Crippen LogP contribution is 2.20. The SMILES string of the molecule is CN(CCCO)c1ccc(-c2ccccc2F)nn1. The maximum atomic E-state index is 13.6. The monoisotopic (exact) mass is 261 g/mol. The Labute approximate surface area is 111 Å². The van der Waals surface area contributed by atoms with Crippen molar-refractivity contribution < 1.29 is 9.50 Å². The van der Waals surface area contributed by atoms with Crippen molar-refractivity contribution in [1.82, 2.24) is 10.2 Å². The van der Waals surface area contributed by atoms with E-state index in [-0.39, 0.29) is 12.4 Å². The third-order valence-corrected chi connectivity index (χ3v) is 2.84. The largest absolute Gasteiger partial charge is 0.396 e. The lowest BCUT2D eigenvalue weighted by molar-refractivity contribution is 0.290. The average molecular weight is 261 g/mol. The Bertz CT molecular complexity index is 530. The number of halogens is 1. The van der Waals surface area contributed by atoms with Crippen molar-refractivity contribution in [3.8, 4) is 11.3 Å². The first-order chi connectivity index (χ1) is 9.22. The molecule has 0 atom stereocenters. The number of hydrogen-bond donors (Lipinski definition) is 1. The van der Waals surface area contributed by atoms with Crippen molar-refractivity contribution in [2.75, 3.05) is 25.1 Å². The third-order valence-electron chi connectivity index (χ3n) is 2.84. The molecule has 1 aromatic heterocycles. The Hall–Kier alpha value is -2.01. The molecule has 19 heavy (non-hydrogen) atoms. The number of anilines is 1. The van der Waals surface area contributed by atoms with Gasteiger partial charge in [0.05, 0.1) is 5.69 Å². The number of aliphatic hydroxyl groups is 1. The number of aromatic nitrogens is 2. The van der Waals surface area contributed by atoms with Gasteiger partial charge in [0.2, 0.25) is 0 Å². The van der Waals surface area contributed by atoms with Crippen LogP contribution in [0.2, 0.25) is 0 Å². The van der Waals surface area contributed by atoms with Crippen LogP contribution in [0.15, 0.2) is 36.4 Å². The van der Waals surface area contributed by atoms with Gasteiger partial charge in [-0.05, 0) is 30.7 Å². The Morgan fingerprint density at radius 1 is 1.16 bits per heavy atom. The van der Waals surface area contributed by atoms with Crippen LogP contribution in [0.25, 0.3) is 11.3 Å². The van der Waals surface area contributed by atoms with E-state index in [4.69, 9.17) is 5.11 Å². The summed E-state index contributed by atoms with van der Waals surface area (Å²) in [5, 5.41) is 16.9. The normalized spacial score (nSPS) is 10.5. The van der Waals surface area contributed by atoms with Crippen LogP contribution in [-0.2, 0) is 0 Å². The molecule has 1 N–H and O–H groups in total. The molecule has 100 valence electrons. The minimum absolute atomic E-state index is 0.144. The summed E-state index contributed by atoms with van der Waals surface area (Å²) in [4.78, 5) is 1.90. The summed E-state index contributed by atoms with van der Waals surface area (Å²) >= 11 is 0. The average Bonchev–Trinajstić information content (AvgIpc) is 2.45. The zero-order valence-electron chi connectivity index (χ0n) is 10.8. The van der Waals surface area contributed by atoms with Crippen molar-refractivity contribution in [1.29, 1.82) is 0 Å². The summed E-state index contributed by atoms with van der Waals surface area (Å²) < 4.78 is 13.6. The molecule has 0 bridgehead atoms. The van der Waals surface area contributed by atoms with E-state index in [1.165, 1.54) is 6.07 Å². The van der Waals surface area contributed by atoms with Gasteiger partial charge in [-0.2, -0.15) is 0 Å². The second-order valence-corrected chi connectivity index (χ2v) is 4.26. The Kier molecular flexibility index (Phi) is 4.41. The highest BCUT2D eigenvalue weighted by molar-refractivity contribution is 5.60. The van der Waals surface area contributed by atoms with Crippen LogP contribution in [0.4, 0.5) is 10.2 Å². The first kappa shape index (κ1) is 13.4. The second kappa shape index (κ2) is 6.24. The van der Waals surface area contributed by atoms with Crippen LogP contribution in [-0.4, -0.2) is 35.5 Å². The molecule has 5 heteroatoms. The highest BCUT2D eigenvalue weighted by Gasteiger charge is 2.07. The second-order valence-electron chi connectivity index (χ2n) is 4.26. The molecule has 0 saturated carbocycles. The van der Waals surface area contributed by atoms with Crippen molar-refractivity contribution in [3.63, 3.8) is 0 Å². The van der Waals surface area contributed by atoms with Crippen LogP contribution in [0.3, 0.4) is 0 Å². The van der Waals surface area contributed by atoms with Gasteiger partial charge in [-0.15, -0.1) is 10.2 Å². The number of nitrogens with zero attached hydrogens (tertiary/aromatic N) is 3. The van der Waals surface area contributed by atoms with Crippen molar-refractivity contribution in [3.05, 3.63) is 42.2 Å².